The lowest BCUT2D eigenvalue weighted by Gasteiger charge is -2.21. The van der Waals surface area contributed by atoms with E-state index in [-0.39, 0.29) is 12.6 Å². The number of nitrogens with zero attached hydrogens (tertiary/aromatic N) is 1. The Morgan fingerprint density at radius 2 is 2.32 bits per heavy atom. The molecule has 1 aliphatic heterocycles. The third-order valence-corrected chi connectivity index (χ3v) is 4.56. The van der Waals surface area contributed by atoms with Gasteiger partial charge in [-0.25, -0.2) is 4.98 Å². The molecule has 108 valence electrons. The summed E-state index contributed by atoms with van der Waals surface area (Å²) in [6, 6.07) is 0.264. The van der Waals surface area contributed by atoms with Gasteiger partial charge in [-0.05, 0) is 0 Å². The van der Waals surface area contributed by atoms with E-state index in [0.29, 0.717) is 6.42 Å². The number of thioether (sulfide) groups is 1. The molecule has 0 aromatic carbocycles. The number of hydrogen-bond acceptors (Lipinski definition) is 5. The molecule has 1 aliphatic rings. The molecule has 0 amide bonds. The maximum absolute atomic E-state index is 11.9. The van der Waals surface area contributed by atoms with E-state index in [4.69, 9.17) is 0 Å². The van der Waals surface area contributed by atoms with Gasteiger partial charge in [0.1, 0.15) is 6.61 Å². The lowest BCUT2D eigenvalue weighted by molar-refractivity contribution is -0.173. The van der Waals surface area contributed by atoms with Crippen molar-refractivity contribution in [1.82, 2.24) is 10.3 Å². The zero-order valence-corrected chi connectivity index (χ0v) is 11.8. The van der Waals surface area contributed by atoms with Gasteiger partial charge in [0.05, 0.1) is 23.4 Å². The van der Waals surface area contributed by atoms with Crippen molar-refractivity contribution in [2.24, 2.45) is 0 Å². The van der Waals surface area contributed by atoms with Crippen LogP contribution in [0.3, 0.4) is 0 Å². The summed E-state index contributed by atoms with van der Waals surface area (Å²) >= 11 is 3.36. The summed E-state index contributed by atoms with van der Waals surface area (Å²) in [7, 11) is 0. The Kier molecular flexibility index (Phi) is 5.49. The Labute approximate surface area is 117 Å². The highest BCUT2D eigenvalue weighted by atomic mass is 32.2. The van der Waals surface area contributed by atoms with E-state index in [2.05, 4.69) is 15.0 Å². The molecule has 1 saturated heterocycles. The third kappa shape index (κ3) is 5.29. The Bertz CT molecular complexity index is 392. The van der Waals surface area contributed by atoms with Crippen LogP contribution >= 0.6 is 23.1 Å². The number of nitrogens with one attached hydrogen (secondary N) is 1. The molecule has 2 rings (SSSR count). The van der Waals surface area contributed by atoms with Gasteiger partial charge in [0, 0.05) is 29.9 Å². The number of alkyl halides is 3. The molecule has 1 fully saturated rings. The van der Waals surface area contributed by atoms with Crippen molar-refractivity contribution in [2.75, 3.05) is 31.3 Å². The fourth-order valence-corrected chi connectivity index (χ4v) is 3.49. The zero-order chi connectivity index (χ0) is 13.7. The molecular weight excluding hydrogens is 297 g/mol. The predicted octanol–water partition coefficient (Wildman–Crippen LogP) is 2.64. The first kappa shape index (κ1) is 15.1. The molecule has 3 nitrogen and oxygen atoms in total. The molecule has 1 N–H and O–H groups in total. The molecule has 0 saturated carbocycles. The van der Waals surface area contributed by atoms with Gasteiger partial charge < -0.3 is 10.1 Å². The molecular formula is C11H15F3N2OS2. The normalized spacial score (nSPS) is 20.7. The van der Waals surface area contributed by atoms with Crippen LogP contribution in [0.5, 0.6) is 0 Å². The molecule has 1 atom stereocenters. The highest BCUT2D eigenvalue weighted by Crippen LogP contribution is 2.23. The Hall–Kier alpha value is -0.310. The Balaban J connectivity index is 1.74. The second-order valence-corrected chi connectivity index (χ2v) is 6.26. The summed E-state index contributed by atoms with van der Waals surface area (Å²) in [5.74, 6) is 2.10. The van der Waals surface area contributed by atoms with Gasteiger partial charge in [0.25, 0.3) is 0 Å². The Morgan fingerprint density at radius 1 is 1.47 bits per heavy atom. The van der Waals surface area contributed by atoms with Crippen molar-refractivity contribution in [1.29, 1.82) is 0 Å². The van der Waals surface area contributed by atoms with E-state index >= 15 is 0 Å². The molecule has 8 heteroatoms. The molecule has 0 bridgehead atoms. The summed E-state index contributed by atoms with van der Waals surface area (Å²) in [6.45, 7) is -0.164. The van der Waals surface area contributed by atoms with Crippen molar-refractivity contribution < 1.29 is 17.9 Å². The van der Waals surface area contributed by atoms with E-state index in [1.807, 2.05) is 17.1 Å². The van der Waals surface area contributed by atoms with Crippen LogP contribution in [0, 0.1) is 0 Å². The van der Waals surface area contributed by atoms with Crippen molar-refractivity contribution in [3.05, 3.63) is 16.1 Å². The van der Waals surface area contributed by atoms with Crippen LogP contribution in [0.25, 0.3) is 0 Å². The van der Waals surface area contributed by atoms with Crippen LogP contribution in [-0.4, -0.2) is 42.4 Å². The zero-order valence-electron chi connectivity index (χ0n) is 10.2. The summed E-state index contributed by atoms with van der Waals surface area (Å²) in [5.41, 5.74) is 0.989. The van der Waals surface area contributed by atoms with Crippen LogP contribution in [-0.2, 0) is 11.2 Å². The molecule has 1 aromatic rings. The lowest BCUT2D eigenvalue weighted by atomic mass is 10.2. The fraction of sp³-hybridized carbons (Fsp3) is 0.727. The van der Waals surface area contributed by atoms with Gasteiger partial charge in [-0.2, -0.15) is 24.9 Å². The standard InChI is InChI=1S/C11H15F3N2OS2/c12-11(13,14)7-17-3-1-10-16-9(6-19-10)8-5-18-4-2-15-8/h6,8,15H,1-5,7H2. The van der Waals surface area contributed by atoms with E-state index < -0.39 is 12.8 Å². The molecule has 19 heavy (non-hydrogen) atoms. The molecule has 0 radical (unpaired) electrons. The number of rotatable bonds is 5. The summed E-state index contributed by atoms with van der Waals surface area (Å²) in [6.07, 6.45) is -3.82. The van der Waals surface area contributed by atoms with Crippen LogP contribution in [0.15, 0.2) is 5.38 Å². The van der Waals surface area contributed by atoms with Crippen LogP contribution in [0.4, 0.5) is 13.2 Å². The minimum absolute atomic E-state index is 0.0549. The first-order chi connectivity index (χ1) is 9.04. The number of hydrogen-bond donors (Lipinski definition) is 1. The smallest absolute Gasteiger partial charge is 0.372 e. The summed E-state index contributed by atoms with van der Waals surface area (Å²) in [4.78, 5) is 4.45. The highest BCUT2D eigenvalue weighted by molar-refractivity contribution is 7.99. The Morgan fingerprint density at radius 3 is 3.00 bits per heavy atom. The first-order valence-corrected chi connectivity index (χ1v) is 7.98. The van der Waals surface area contributed by atoms with Gasteiger partial charge in [-0.1, -0.05) is 0 Å². The molecule has 0 aliphatic carbocycles. The fourth-order valence-electron chi connectivity index (χ4n) is 1.70. The molecule has 2 heterocycles. The largest absolute Gasteiger partial charge is 0.411 e. The van der Waals surface area contributed by atoms with Crippen molar-refractivity contribution >= 4 is 23.1 Å². The van der Waals surface area contributed by atoms with E-state index in [1.54, 1.807) is 0 Å². The third-order valence-electron chi connectivity index (χ3n) is 2.57. The van der Waals surface area contributed by atoms with E-state index in [0.717, 1.165) is 28.8 Å². The monoisotopic (exact) mass is 312 g/mol. The maximum Gasteiger partial charge on any atom is 0.411 e. The number of halogens is 3. The average molecular weight is 312 g/mol. The van der Waals surface area contributed by atoms with Crippen LogP contribution < -0.4 is 5.32 Å². The molecule has 0 spiro atoms. The highest BCUT2D eigenvalue weighted by Gasteiger charge is 2.27. The number of aromatic nitrogens is 1. The first-order valence-electron chi connectivity index (χ1n) is 5.94. The summed E-state index contributed by atoms with van der Waals surface area (Å²) in [5, 5.41) is 6.18. The quantitative estimate of drug-likeness (QED) is 0.848. The van der Waals surface area contributed by atoms with Gasteiger partial charge in [-0.15, -0.1) is 11.3 Å². The topological polar surface area (TPSA) is 34.1 Å². The molecule has 1 unspecified atom stereocenters. The van der Waals surface area contributed by atoms with Gasteiger partial charge in [-0.3, -0.25) is 0 Å². The van der Waals surface area contributed by atoms with Gasteiger partial charge in [0.15, 0.2) is 0 Å². The minimum atomic E-state index is -4.25. The van der Waals surface area contributed by atoms with Crippen molar-refractivity contribution in [3.8, 4) is 0 Å². The van der Waals surface area contributed by atoms with E-state index in [9.17, 15) is 13.2 Å². The lowest BCUT2D eigenvalue weighted by Crippen LogP contribution is -2.30. The SMILES string of the molecule is FC(F)(F)COCCc1nc(C2CSCCN2)cs1. The van der Waals surface area contributed by atoms with Crippen LogP contribution in [0.2, 0.25) is 0 Å². The second kappa shape index (κ2) is 6.92. The van der Waals surface area contributed by atoms with Gasteiger partial charge in [0.2, 0.25) is 0 Å². The molecule has 1 aromatic heterocycles. The average Bonchev–Trinajstić information content (AvgIpc) is 2.83. The number of thiazole rings is 1. The van der Waals surface area contributed by atoms with Crippen LogP contribution in [0.1, 0.15) is 16.7 Å². The maximum atomic E-state index is 11.9. The number of ether oxygens (including phenoxy) is 1. The van der Waals surface area contributed by atoms with E-state index in [1.165, 1.54) is 11.3 Å². The minimum Gasteiger partial charge on any atom is -0.372 e. The van der Waals surface area contributed by atoms with Gasteiger partial charge >= 0.3 is 6.18 Å². The van der Waals surface area contributed by atoms with Crippen molar-refractivity contribution in [3.63, 3.8) is 0 Å². The predicted molar refractivity (Wildman–Crippen MR) is 70.8 cm³/mol. The second-order valence-electron chi connectivity index (χ2n) is 4.17. The van der Waals surface area contributed by atoms with Crippen molar-refractivity contribution in [2.45, 2.75) is 18.6 Å². The summed E-state index contributed by atoms with van der Waals surface area (Å²) < 4.78 is 40.2.